The van der Waals surface area contributed by atoms with Gasteiger partial charge in [-0.1, -0.05) is 0 Å². The topological polar surface area (TPSA) is 81.4 Å². The van der Waals surface area contributed by atoms with E-state index in [0.717, 1.165) is 12.8 Å². The number of ether oxygens (including phenoxy) is 1. The third kappa shape index (κ3) is 4.81. The van der Waals surface area contributed by atoms with Gasteiger partial charge in [0.15, 0.2) is 0 Å². The van der Waals surface area contributed by atoms with Crippen LogP contribution in [-0.2, 0) is 14.3 Å². The summed E-state index contributed by atoms with van der Waals surface area (Å²) < 4.78 is 4.91. The van der Waals surface area contributed by atoms with Gasteiger partial charge >= 0.3 is 5.97 Å². The fourth-order valence-corrected chi connectivity index (χ4v) is 1.14. The Morgan fingerprint density at radius 3 is 2.44 bits per heavy atom. The van der Waals surface area contributed by atoms with Crippen LogP contribution in [0.3, 0.4) is 0 Å². The van der Waals surface area contributed by atoms with Crippen LogP contribution in [-0.4, -0.2) is 30.1 Å². The van der Waals surface area contributed by atoms with E-state index < -0.39 is 5.54 Å². The van der Waals surface area contributed by atoms with Crippen molar-refractivity contribution in [2.24, 2.45) is 5.73 Å². The van der Waals surface area contributed by atoms with Crippen molar-refractivity contribution >= 4 is 24.3 Å². The number of amides is 1. The molecule has 0 aromatic heterocycles. The summed E-state index contributed by atoms with van der Waals surface area (Å²) in [7, 11) is 0. The molecule has 0 aromatic carbocycles. The van der Waals surface area contributed by atoms with E-state index in [9.17, 15) is 9.59 Å². The summed E-state index contributed by atoms with van der Waals surface area (Å²) in [4.78, 5) is 22.4. The third-order valence-corrected chi connectivity index (χ3v) is 2.22. The maximum absolute atomic E-state index is 11.3. The lowest BCUT2D eigenvalue weighted by Crippen LogP contribution is -2.43. The van der Waals surface area contributed by atoms with Gasteiger partial charge in [0.25, 0.3) is 0 Å². The molecule has 1 saturated carbocycles. The number of carbonyl (C=O) groups excluding carboxylic acids is 2. The molecule has 0 bridgehead atoms. The highest BCUT2D eigenvalue weighted by atomic mass is 35.5. The van der Waals surface area contributed by atoms with Gasteiger partial charge in [-0.05, 0) is 26.7 Å². The summed E-state index contributed by atoms with van der Waals surface area (Å²) in [6.45, 7) is 3.87. The average molecular weight is 251 g/mol. The van der Waals surface area contributed by atoms with Gasteiger partial charge in [0.2, 0.25) is 5.91 Å². The molecular formula is C10H19ClN2O3. The SMILES string of the molecule is CC(C)OC(=O)CCNC(=O)C1(N)CC1.Cl. The standard InChI is InChI=1S/C10H18N2O3.ClH/c1-7(2)15-8(13)3-6-12-9(14)10(11)4-5-10;/h7H,3-6,11H2,1-2H3,(H,12,14);1H. The molecule has 1 amide bonds. The molecule has 0 aliphatic heterocycles. The molecule has 0 saturated heterocycles. The smallest absolute Gasteiger partial charge is 0.307 e. The van der Waals surface area contributed by atoms with Crippen LogP contribution in [0.15, 0.2) is 0 Å². The molecule has 0 radical (unpaired) electrons. The van der Waals surface area contributed by atoms with Gasteiger partial charge in [0.05, 0.1) is 18.1 Å². The molecule has 94 valence electrons. The van der Waals surface area contributed by atoms with Crippen LogP contribution in [0, 0.1) is 0 Å². The fraction of sp³-hybridized carbons (Fsp3) is 0.800. The largest absolute Gasteiger partial charge is 0.463 e. The second-order valence-corrected chi connectivity index (χ2v) is 4.20. The quantitative estimate of drug-likeness (QED) is 0.691. The number of carbonyl (C=O) groups is 2. The minimum atomic E-state index is -0.665. The Morgan fingerprint density at radius 2 is 2.00 bits per heavy atom. The zero-order valence-corrected chi connectivity index (χ0v) is 10.4. The molecule has 0 unspecified atom stereocenters. The van der Waals surface area contributed by atoms with E-state index >= 15 is 0 Å². The van der Waals surface area contributed by atoms with Crippen LogP contribution in [0.4, 0.5) is 0 Å². The Balaban J connectivity index is 0.00000225. The lowest BCUT2D eigenvalue weighted by atomic mass is 10.2. The summed E-state index contributed by atoms with van der Waals surface area (Å²) in [5.41, 5.74) is 4.99. The molecule has 16 heavy (non-hydrogen) atoms. The number of nitrogens with one attached hydrogen (secondary N) is 1. The molecular weight excluding hydrogens is 232 g/mol. The molecule has 0 spiro atoms. The fourth-order valence-electron chi connectivity index (χ4n) is 1.14. The molecule has 1 rings (SSSR count). The molecule has 0 atom stereocenters. The van der Waals surface area contributed by atoms with Crippen molar-refractivity contribution in [1.82, 2.24) is 5.32 Å². The van der Waals surface area contributed by atoms with Crippen molar-refractivity contribution in [2.75, 3.05) is 6.54 Å². The van der Waals surface area contributed by atoms with Gasteiger partial charge in [-0.2, -0.15) is 0 Å². The van der Waals surface area contributed by atoms with Crippen molar-refractivity contribution < 1.29 is 14.3 Å². The van der Waals surface area contributed by atoms with Crippen molar-refractivity contribution in [3.63, 3.8) is 0 Å². The van der Waals surface area contributed by atoms with Crippen LogP contribution in [0.25, 0.3) is 0 Å². The van der Waals surface area contributed by atoms with Crippen molar-refractivity contribution in [3.8, 4) is 0 Å². The van der Waals surface area contributed by atoms with E-state index in [2.05, 4.69) is 5.32 Å². The highest BCUT2D eigenvalue weighted by Crippen LogP contribution is 2.31. The summed E-state index contributed by atoms with van der Waals surface area (Å²) in [5, 5.41) is 2.62. The molecule has 1 aliphatic carbocycles. The van der Waals surface area contributed by atoms with E-state index in [1.54, 1.807) is 13.8 Å². The molecule has 0 heterocycles. The minimum Gasteiger partial charge on any atom is -0.463 e. The normalized spacial score (nSPS) is 16.2. The number of hydrogen-bond donors (Lipinski definition) is 2. The lowest BCUT2D eigenvalue weighted by Gasteiger charge is -2.10. The maximum Gasteiger partial charge on any atom is 0.307 e. The molecule has 1 fully saturated rings. The molecule has 5 nitrogen and oxygen atoms in total. The monoisotopic (exact) mass is 250 g/mol. The van der Waals surface area contributed by atoms with Crippen LogP contribution in [0.2, 0.25) is 0 Å². The second-order valence-electron chi connectivity index (χ2n) is 4.20. The lowest BCUT2D eigenvalue weighted by molar-refractivity contribution is -0.147. The maximum atomic E-state index is 11.3. The number of hydrogen-bond acceptors (Lipinski definition) is 4. The second kappa shape index (κ2) is 6.06. The van der Waals surface area contributed by atoms with E-state index in [-0.39, 0.29) is 36.8 Å². The number of halogens is 1. The summed E-state index contributed by atoms with van der Waals surface area (Å²) in [6, 6.07) is 0. The molecule has 0 aromatic rings. The van der Waals surface area contributed by atoms with E-state index in [0.29, 0.717) is 6.54 Å². The minimum absolute atomic E-state index is 0. The van der Waals surface area contributed by atoms with Crippen molar-refractivity contribution in [3.05, 3.63) is 0 Å². The molecule has 1 aliphatic rings. The zero-order chi connectivity index (χ0) is 11.5. The zero-order valence-electron chi connectivity index (χ0n) is 9.62. The third-order valence-electron chi connectivity index (χ3n) is 2.22. The Labute approximate surface area is 101 Å². The van der Waals surface area contributed by atoms with Crippen molar-refractivity contribution in [1.29, 1.82) is 0 Å². The summed E-state index contributed by atoms with van der Waals surface area (Å²) >= 11 is 0. The summed E-state index contributed by atoms with van der Waals surface area (Å²) in [6.07, 6.45) is 1.54. The summed E-state index contributed by atoms with van der Waals surface area (Å²) in [5.74, 6) is -0.466. The first-order chi connectivity index (χ1) is 6.94. The van der Waals surface area contributed by atoms with Gasteiger partial charge in [-0.15, -0.1) is 12.4 Å². The van der Waals surface area contributed by atoms with Gasteiger partial charge in [0, 0.05) is 6.54 Å². The average Bonchev–Trinajstić information content (AvgIpc) is 2.83. The first kappa shape index (κ1) is 15.2. The Kier molecular flexibility index (Phi) is 5.75. The van der Waals surface area contributed by atoms with Crippen LogP contribution >= 0.6 is 12.4 Å². The van der Waals surface area contributed by atoms with Gasteiger partial charge < -0.3 is 15.8 Å². The van der Waals surface area contributed by atoms with Crippen LogP contribution in [0.1, 0.15) is 33.1 Å². The highest BCUT2D eigenvalue weighted by Gasteiger charge is 2.45. The number of esters is 1. The van der Waals surface area contributed by atoms with Crippen LogP contribution in [0.5, 0.6) is 0 Å². The van der Waals surface area contributed by atoms with Gasteiger partial charge in [-0.3, -0.25) is 9.59 Å². The first-order valence-electron chi connectivity index (χ1n) is 5.21. The van der Waals surface area contributed by atoms with Crippen molar-refractivity contribution in [2.45, 2.75) is 44.8 Å². The first-order valence-corrected chi connectivity index (χ1v) is 5.21. The molecule has 6 heteroatoms. The Morgan fingerprint density at radius 1 is 1.44 bits per heavy atom. The van der Waals surface area contributed by atoms with Gasteiger partial charge in [-0.25, -0.2) is 0 Å². The number of nitrogens with two attached hydrogens (primary N) is 1. The Hall–Kier alpha value is -0.810. The highest BCUT2D eigenvalue weighted by molar-refractivity contribution is 5.89. The predicted molar refractivity (Wildman–Crippen MR) is 62.3 cm³/mol. The van der Waals surface area contributed by atoms with Crippen LogP contribution < -0.4 is 11.1 Å². The Bertz CT molecular complexity index is 265. The van der Waals surface area contributed by atoms with E-state index in [4.69, 9.17) is 10.5 Å². The number of rotatable bonds is 5. The van der Waals surface area contributed by atoms with E-state index in [1.807, 2.05) is 0 Å². The molecule has 3 N–H and O–H groups in total. The predicted octanol–water partition coefficient (Wildman–Crippen LogP) is 0.357. The van der Waals surface area contributed by atoms with Gasteiger partial charge in [0.1, 0.15) is 0 Å². The van der Waals surface area contributed by atoms with E-state index in [1.165, 1.54) is 0 Å².